The Balaban J connectivity index is 1.76. The highest BCUT2D eigenvalue weighted by atomic mass is 35.5. The lowest BCUT2D eigenvalue weighted by atomic mass is 9.87. The van der Waals surface area contributed by atoms with Crippen LogP contribution in [0.4, 0.5) is 0 Å². The fourth-order valence-electron chi connectivity index (χ4n) is 4.16. The second-order valence-corrected chi connectivity index (χ2v) is 8.58. The first-order chi connectivity index (χ1) is 13.8. The minimum Gasteiger partial charge on any atom is -0.489 e. The molecule has 0 radical (unpaired) electrons. The van der Waals surface area contributed by atoms with E-state index in [-0.39, 0.29) is 29.7 Å². The van der Waals surface area contributed by atoms with Crippen molar-refractivity contribution < 1.29 is 19.4 Å². The molecule has 2 heterocycles. The quantitative estimate of drug-likeness (QED) is 0.789. The third-order valence-electron chi connectivity index (χ3n) is 5.98. The molecule has 0 saturated heterocycles. The van der Waals surface area contributed by atoms with Gasteiger partial charge >= 0.3 is 5.97 Å². The first kappa shape index (κ1) is 20.0. The number of aromatic carboxylic acids is 1. The van der Waals surface area contributed by atoms with Crippen LogP contribution in [0, 0.1) is 5.92 Å². The number of nitrogens with zero attached hydrogens (tertiary/aromatic N) is 1. The van der Waals surface area contributed by atoms with Gasteiger partial charge in [0, 0.05) is 43.8 Å². The molecule has 7 heteroatoms. The van der Waals surface area contributed by atoms with E-state index in [1.54, 1.807) is 7.11 Å². The third-order valence-corrected chi connectivity index (χ3v) is 6.27. The number of aromatic nitrogens is 1. The van der Waals surface area contributed by atoms with Gasteiger partial charge in [-0.1, -0.05) is 25.4 Å². The zero-order valence-electron chi connectivity index (χ0n) is 16.6. The van der Waals surface area contributed by atoms with E-state index in [9.17, 15) is 14.7 Å². The summed E-state index contributed by atoms with van der Waals surface area (Å²) < 4.78 is 13.3. The maximum atomic E-state index is 12.4. The molecule has 1 aromatic carbocycles. The molecule has 2 aromatic rings. The Kier molecular flexibility index (Phi) is 5.17. The van der Waals surface area contributed by atoms with E-state index in [0.717, 1.165) is 24.0 Å². The van der Waals surface area contributed by atoms with Crippen molar-refractivity contribution in [3.8, 4) is 17.0 Å². The predicted molar refractivity (Wildman–Crippen MR) is 110 cm³/mol. The molecule has 1 aliphatic heterocycles. The Morgan fingerprint density at radius 2 is 1.97 bits per heavy atom. The van der Waals surface area contributed by atoms with Crippen LogP contribution in [0.1, 0.15) is 48.7 Å². The summed E-state index contributed by atoms with van der Waals surface area (Å²) in [5.41, 5.74) is 1.86. The van der Waals surface area contributed by atoms with Crippen LogP contribution in [-0.2, 0) is 11.2 Å². The van der Waals surface area contributed by atoms with Gasteiger partial charge in [-0.05, 0) is 30.0 Å². The number of carboxylic acids is 1. The maximum Gasteiger partial charge on any atom is 0.341 e. The van der Waals surface area contributed by atoms with E-state index in [2.05, 4.69) is 13.8 Å². The Bertz CT molecular complexity index is 1020. The lowest BCUT2D eigenvalue weighted by molar-refractivity contribution is -0.0380. The smallest absolute Gasteiger partial charge is 0.341 e. The summed E-state index contributed by atoms with van der Waals surface area (Å²) in [6, 6.07) is 5.22. The van der Waals surface area contributed by atoms with E-state index < -0.39 is 11.4 Å². The summed E-state index contributed by atoms with van der Waals surface area (Å²) in [6.45, 7) is 4.18. The number of rotatable bonds is 5. The molecule has 0 amide bonds. The third kappa shape index (κ3) is 3.55. The van der Waals surface area contributed by atoms with Crippen LogP contribution in [0.15, 0.2) is 29.2 Å². The van der Waals surface area contributed by atoms with Crippen molar-refractivity contribution >= 4 is 17.6 Å². The Labute approximate surface area is 174 Å². The minimum absolute atomic E-state index is 0.0341. The fourth-order valence-corrected chi connectivity index (χ4v) is 4.37. The monoisotopic (exact) mass is 417 g/mol. The highest BCUT2D eigenvalue weighted by molar-refractivity contribution is 6.32. The number of benzene rings is 1. The van der Waals surface area contributed by atoms with E-state index in [4.69, 9.17) is 21.1 Å². The van der Waals surface area contributed by atoms with Gasteiger partial charge in [-0.3, -0.25) is 4.79 Å². The van der Waals surface area contributed by atoms with Crippen LogP contribution >= 0.6 is 11.6 Å². The molecule has 1 aromatic heterocycles. The van der Waals surface area contributed by atoms with E-state index in [1.165, 1.54) is 12.3 Å². The summed E-state index contributed by atoms with van der Waals surface area (Å²) >= 11 is 6.51. The normalized spacial score (nSPS) is 22.6. The van der Waals surface area contributed by atoms with Crippen molar-refractivity contribution in [1.82, 2.24) is 4.57 Å². The number of halogens is 1. The molecule has 1 saturated carbocycles. The number of fused-ring (bicyclic) bond motifs is 3. The van der Waals surface area contributed by atoms with Crippen molar-refractivity contribution in [2.45, 2.75) is 51.4 Å². The molecule has 0 bridgehead atoms. The molecule has 1 unspecified atom stereocenters. The average Bonchev–Trinajstić information content (AvgIpc) is 2.63. The highest BCUT2D eigenvalue weighted by Gasteiger charge is 2.33. The van der Waals surface area contributed by atoms with Crippen molar-refractivity contribution in [2.75, 3.05) is 7.11 Å². The summed E-state index contributed by atoms with van der Waals surface area (Å²) in [4.78, 5) is 23.8. The average molecular weight is 418 g/mol. The Morgan fingerprint density at radius 3 is 2.59 bits per heavy atom. The zero-order valence-corrected chi connectivity index (χ0v) is 17.4. The molecular formula is C22H24ClNO5. The zero-order chi connectivity index (χ0) is 20.9. The largest absolute Gasteiger partial charge is 0.489 e. The van der Waals surface area contributed by atoms with Gasteiger partial charge in [0.25, 0.3) is 0 Å². The molecule has 1 atom stereocenters. The summed E-state index contributed by atoms with van der Waals surface area (Å²) in [5, 5.41) is 9.84. The van der Waals surface area contributed by atoms with Gasteiger partial charge in [-0.25, -0.2) is 4.79 Å². The van der Waals surface area contributed by atoms with Gasteiger partial charge < -0.3 is 19.1 Å². The van der Waals surface area contributed by atoms with Gasteiger partial charge in [0.1, 0.15) is 17.4 Å². The number of carboxylic acid groups (broad SMARTS) is 1. The lowest BCUT2D eigenvalue weighted by Crippen LogP contribution is -2.38. The van der Waals surface area contributed by atoms with Crippen LogP contribution in [0.5, 0.6) is 5.75 Å². The first-order valence-electron chi connectivity index (χ1n) is 9.80. The summed E-state index contributed by atoms with van der Waals surface area (Å²) in [7, 11) is 1.70. The van der Waals surface area contributed by atoms with Gasteiger partial charge in [-0.15, -0.1) is 0 Å². The van der Waals surface area contributed by atoms with E-state index in [1.807, 2.05) is 16.7 Å². The Hall–Kier alpha value is -2.31. The summed E-state index contributed by atoms with van der Waals surface area (Å²) in [6.07, 6.45) is 4.19. The van der Waals surface area contributed by atoms with Crippen molar-refractivity contribution in [3.63, 3.8) is 0 Å². The van der Waals surface area contributed by atoms with Gasteiger partial charge in [0.05, 0.1) is 16.8 Å². The van der Waals surface area contributed by atoms with Crippen LogP contribution in [0.2, 0.25) is 5.02 Å². The molecule has 2 aliphatic rings. The molecule has 4 rings (SSSR count). The van der Waals surface area contributed by atoms with Crippen molar-refractivity contribution in [3.05, 3.63) is 50.8 Å². The van der Waals surface area contributed by atoms with Crippen LogP contribution in [-0.4, -0.2) is 35.0 Å². The molecule has 29 heavy (non-hydrogen) atoms. The molecule has 154 valence electrons. The Morgan fingerprint density at radius 1 is 1.24 bits per heavy atom. The second-order valence-electron chi connectivity index (χ2n) is 8.17. The van der Waals surface area contributed by atoms with Gasteiger partial charge in [0.2, 0.25) is 0 Å². The second kappa shape index (κ2) is 7.50. The van der Waals surface area contributed by atoms with Crippen molar-refractivity contribution in [2.24, 2.45) is 5.92 Å². The molecule has 6 nitrogen and oxygen atoms in total. The standard InChI is InChI=1S/C22H24ClNO5/c1-11(2)18-4-12-5-21(29-14-6-13(7-14)28-3)17(23)8-15(12)19-9-20(25)16(22(26)27)10-24(18)19/h5,8-11,13-14,18H,4,6-7H2,1-3H3,(H,26,27). The molecule has 1 fully saturated rings. The number of carbonyl (C=O) groups is 1. The molecular weight excluding hydrogens is 394 g/mol. The number of hydrogen-bond acceptors (Lipinski definition) is 4. The van der Waals surface area contributed by atoms with Gasteiger partial charge in [0.15, 0.2) is 5.43 Å². The number of methoxy groups -OCH3 is 1. The topological polar surface area (TPSA) is 77.8 Å². The van der Waals surface area contributed by atoms with Gasteiger partial charge in [-0.2, -0.15) is 0 Å². The van der Waals surface area contributed by atoms with Crippen LogP contribution < -0.4 is 10.2 Å². The summed E-state index contributed by atoms with van der Waals surface area (Å²) in [5.74, 6) is -0.319. The lowest BCUT2D eigenvalue weighted by Gasteiger charge is -2.36. The maximum absolute atomic E-state index is 12.4. The highest BCUT2D eigenvalue weighted by Crippen LogP contribution is 2.42. The minimum atomic E-state index is -1.21. The molecule has 1 aliphatic carbocycles. The van der Waals surface area contributed by atoms with Crippen LogP contribution in [0.25, 0.3) is 11.3 Å². The number of ether oxygens (including phenoxy) is 2. The molecule has 0 spiro atoms. The SMILES string of the molecule is COC1CC(Oc2cc3c(cc2Cl)-c2cc(=O)c(C(=O)O)cn2C(C(C)C)C3)C1. The number of pyridine rings is 1. The van der Waals surface area contributed by atoms with Crippen LogP contribution in [0.3, 0.4) is 0 Å². The molecule has 1 N–H and O–H groups in total. The van der Waals surface area contributed by atoms with E-state index >= 15 is 0 Å². The predicted octanol–water partition coefficient (Wildman–Crippen LogP) is 4.18. The van der Waals surface area contributed by atoms with Crippen molar-refractivity contribution in [1.29, 1.82) is 0 Å². The first-order valence-corrected chi connectivity index (χ1v) is 10.2. The number of hydrogen-bond donors (Lipinski definition) is 1. The van der Waals surface area contributed by atoms with E-state index in [0.29, 0.717) is 22.9 Å². The fraction of sp³-hybridized carbons (Fsp3) is 0.455.